The van der Waals surface area contributed by atoms with Crippen molar-refractivity contribution in [1.82, 2.24) is 5.43 Å². The standard InChI is InChI=1S/C20H21BrN2O3/c1-3-11-26-18-10-7-16(12-19(18)25-4-2)14-22-23-20(24)13-15-5-8-17(21)9-6-15/h3,5-10,12,14H,1,4,11,13H2,2H3,(H,23,24)/b22-14-. The lowest BCUT2D eigenvalue weighted by Crippen LogP contribution is -2.19. The van der Waals surface area contributed by atoms with Crippen LogP contribution >= 0.6 is 15.9 Å². The molecule has 0 fully saturated rings. The number of nitrogens with one attached hydrogen (secondary N) is 1. The lowest BCUT2D eigenvalue weighted by Gasteiger charge is -2.11. The molecule has 0 saturated carbocycles. The van der Waals surface area contributed by atoms with E-state index >= 15 is 0 Å². The second kappa shape index (κ2) is 10.4. The van der Waals surface area contributed by atoms with Gasteiger partial charge in [0.25, 0.3) is 0 Å². The number of nitrogens with zero attached hydrogens (tertiary/aromatic N) is 1. The van der Waals surface area contributed by atoms with Crippen LogP contribution in [-0.2, 0) is 11.2 Å². The van der Waals surface area contributed by atoms with Crippen molar-refractivity contribution in [3.05, 3.63) is 70.7 Å². The van der Waals surface area contributed by atoms with Gasteiger partial charge in [-0.2, -0.15) is 5.10 Å². The first kappa shape index (κ1) is 19.7. The van der Waals surface area contributed by atoms with Gasteiger partial charge in [0.05, 0.1) is 19.2 Å². The van der Waals surface area contributed by atoms with Gasteiger partial charge in [0, 0.05) is 4.47 Å². The molecular formula is C20H21BrN2O3. The van der Waals surface area contributed by atoms with Gasteiger partial charge in [-0.25, -0.2) is 5.43 Å². The maximum Gasteiger partial charge on any atom is 0.244 e. The monoisotopic (exact) mass is 416 g/mol. The molecule has 0 heterocycles. The van der Waals surface area contributed by atoms with Gasteiger partial charge in [-0.1, -0.05) is 40.7 Å². The molecule has 6 heteroatoms. The number of ether oxygens (including phenoxy) is 2. The van der Waals surface area contributed by atoms with E-state index in [9.17, 15) is 4.79 Å². The number of rotatable bonds is 9. The molecule has 5 nitrogen and oxygen atoms in total. The summed E-state index contributed by atoms with van der Waals surface area (Å²) in [5.41, 5.74) is 4.24. The highest BCUT2D eigenvalue weighted by atomic mass is 79.9. The van der Waals surface area contributed by atoms with E-state index in [0.717, 1.165) is 15.6 Å². The molecule has 0 radical (unpaired) electrons. The molecule has 0 aliphatic carbocycles. The summed E-state index contributed by atoms with van der Waals surface area (Å²) in [4.78, 5) is 11.9. The Kier molecular flexibility index (Phi) is 7.89. The van der Waals surface area contributed by atoms with Gasteiger partial charge in [-0.15, -0.1) is 0 Å². The molecule has 0 bridgehead atoms. The second-order valence-corrected chi connectivity index (χ2v) is 6.25. The van der Waals surface area contributed by atoms with Crippen LogP contribution in [0.1, 0.15) is 18.1 Å². The zero-order valence-electron chi connectivity index (χ0n) is 14.6. The fraction of sp³-hybridized carbons (Fsp3) is 0.200. The Morgan fingerprint density at radius 2 is 1.96 bits per heavy atom. The van der Waals surface area contributed by atoms with Crippen molar-refractivity contribution in [1.29, 1.82) is 0 Å². The van der Waals surface area contributed by atoms with Crippen LogP contribution in [0.5, 0.6) is 11.5 Å². The normalized spacial score (nSPS) is 10.5. The minimum absolute atomic E-state index is 0.181. The minimum atomic E-state index is -0.181. The predicted molar refractivity (Wildman–Crippen MR) is 107 cm³/mol. The Bertz CT molecular complexity index is 773. The maximum absolute atomic E-state index is 11.9. The topological polar surface area (TPSA) is 59.9 Å². The average molecular weight is 417 g/mol. The molecule has 26 heavy (non-hydrogen) atoms. The van der Waals surface area contributed by atoms with Crippen LogP contribution in [0.3, 0.4) is 0 Å². The number of amides is 1. The van der Waals surface area contributed by atoms with E-state index in [-0.39, 0.29) is 12.3 Å². The van der Waals surface area contributed by atoms with Gasteiger partial charge in [0.15, 0.2) is 11.5 Å². The number of halogens is 1. The third kappa shape index (κ3) is 6.37. The smallest absolute Gasteiger partial charge is 0.244 e. The van der Waals surface area contributed by atoms with E-state index in [1.54, 1.807) is 18.4 Å². The van der Waals surface area contributed by atoms with Crippen molar-refractivity contribution in [2.45, 2.75) is 13.3 Å². The van der Waals surface area contributed by atoms with Gasteiger partial charge in [-0.3, -0.25) is 4.79 Å². The summed E-state index contributed by atoms with van der Waals surface area (Å²) in [5.74, 6) is 1.09. The molecule has 0 aliphatic heterocycles. The molecule has 2 rings (SSSR count). The molecule has 136 valence electrons. The fourth-order valence-electron chi connectivity index (χ4n) is 2.15. The van der Waals surface area contributed by atoms with Crippen molar-refractivity contribution in [3.8, 4) is 11.5 Å². The molecule has 0 saturated heterocycles. The molecule has 2 aromatic carbocycles. The Morgan fingerprint density at radius 1 is 1.19 bits per heavy atom. The van der Waals surface area contributed by atoms with Crippen molar-refractivity contribution in [2.75, 3.05) is 13.2 Å². The average Bonchev–Trinajstić information content (AvgIpc) is 2.63. The van der Waals surface area contributed by atoms with Crippen LogP contribution in [0.4, 0.5) is 0 Å². The summed E-state index contributed by atoms with van der Waals surface area (Å²) in [6.45, 7) is 6.46. The first-order valence-corrected chi connectivity index (χ1v) is 8.98. The number of hydrogen-bond donors (Lipinski definition) is 1. The molecule has 0 aromatic heterocycles. The molecule has 0 atom stereocenters. The molecular weight excluding hydrogens is 396 g/mol. The van der Waals surface area contributed by atoms with Crippen LogP contribution in [0.25, 0.3) is 0 Å². The summed E-state index contributed by atoms with van der Waals surface area (Å²) < 4.78 is 12.1. The first-order valence-electron chi connectivity index (χ1n) is 8.19. The van der Waals surface area contributed by atoms with E-state index in [4.69, 9.17) is 9.47 Å². The fourth-order valence-corrected chi connectivity index (χ4v) is 2.41. The summed E-state index contributed by atoms with van der Waals surface area (Å²) in [6.07, 6.45) is 3.51. The largest absolute Gasteiger partial charge is 0.490 e. The molecule has 1 amide bonds. The Morgan fingerprint density at radius 3 is 2.65 bits per heavy atom. The molecule has 0 unspecified atom stereocenters. The quantitative estimate of drug-likeness (QED) is 0.380. The van der Waals surface area contributed by atoms with E-state index < -0.39 is 0 Å². The van der Waals surface area contributed by atoms with E-state index in [1.165, 1.54) is 0 Å². The van der Waals surface area contributed by atoms with Gasteiger partial charge in [0.1, 0.15) is 6.61 Å². The third-order valence-corrected chi connectivity index (χ3v) is 3.83. The van der Waals surface area contributed by atoms with Crippen molar-refractivity contribution in [2.24, 2.45) is 5.10 Å². The number of benzene rings is 2. The van der Waals surface area contributed by atoms with Crippen molar-refractivity contribution in [3.63, 3.8) is 0 Å². The second-order valence-electron chi connectivity index (χ2n) is 5.34. The van der Waals surface area contributed by atoms with Gasteiger partial charge >= 0.3 is 0 Å². The minimum Gasteiger partial charge on any atom is -0.490 e. The first-order chi connectivity index (χ1) is 12.6. The third-order valence-electron chi connectivity index (χ3n) is 3.31. The van der Waals surface area contributed by atoms with Gasteiger partial charge in [0.2, 0.25) is 5.91 Å². The highest BCUT2D eigenvalue weighted by molar-refractivity contribution is 9.10. The van der Waals surface area contributed by atoms with Gasteiger partial charge in [-0.05, 0) is 48.4 Å². The molecule has 0 spiro atoms. The predicted octanol–water partition coefficient (Wildman–Crippen LogP) is 4.11. The Balaban J connectivity index is 1.95. The Labute approximate surface area is 161 Å². The molecule has 2 aromatic rings. The summed E-state index contributed by atoms with van der Waals surface area (Å²) >= 11 is 3.37. The number of carbonyl (C=O) groups excluding carboxylic acids is 1. The van der Waals surface area contributed by atoms with Gasteiger partial charge < -0.3 is 9.47 Å². The van der Waals surface area contributed by atoms with E-state index in [2.05, 4.69) is 33.0 Å². The van der Waals surface area contributed by atoms with E-state index in [1.807, 2.05) is 43.3 Å². The van der Waals surface area contributed by atoms with Crippen molar-refractivity contribution < 1.29 is 14.3 Å². The zero-order chi connectivity index (χ0) is 18.8. The van der Waals surface area contributed by atoms with E-state index in [0.29, 0.717) is 24.7 Å². The highest BCUT2D eigenvalue weighted by Crippen LogP contribution is 2.28. The lowest BCUT2D eigenvalue weighted by molar-refractivity contribution is -0.120. The Hall–Kier alpha value is -2.60. The van der Waals surface area contributed by atoms with Crippen molar-refractivity contribution >= 4 is 28.1 Å². The number of hydrazone groups is 1. The zero-order valence-corrected chi connectivity index (χ0v) is 16.2. The van der Waals surface area contributed by atoms with Crippen LogP contribution < -0.4 is 14.9 Å². The van der Waals surface area contributed by atoms with Crippen LogP contribution in [0.15, 0.2) is 64.7 Å². The SMILES string of the molecule is C=CCOc1ccc(/C=N\NC(=O)Cc2ccc(Br)cc2)cc1OCC. The number of carbonyl (C=O) groups is 1. The van der Waals surface area contributed by atoms with Crippen LogP contribution in [0, 0.1) is 0 Å². The highest BCUT2D eigenvalue weighted by Gasteiger charge is 2.06. The maximum atomic E-state index is 11.9. The number of hydrogen-bond acceptors (Lipinski definition) is 4. The van der Waals surface area contributed by atoms with Crippen LogP contribution in [-0.4, -0.2) is 25.3 Å². The molecule has 1 N–H and O–H groups in total. The summed E-state index contributed by atoms with van der Waals surface area (Å²) in [6, 6.07) is 13.0. The van der Waals surface area contributed by atoms with Crippen LogP contribution in [0.2, 0.25) is 0 Å². The summed E-state index contributed by atoms with van der Waals surface area (Å²) in [7, 11) is 0. The lowest BCUT2D eigenvalue weighted by atomic mass is 10.1. The molecule has 0 aliphatic rings. The summed E-state index contributed by atoms with van der Waals surface area (Å²) in [5, 5.41) is 4.00.